The standard InChI is InChI=1S/C24H24N4O5/c1-32-18-7-3-16(4-8-18)13-25-21(30)14-27-11-12-28-23(24(27)31)20(15-29)22(26-28)17-5-9-19(33-2)10-6-17/h3-12,29H,13-15H2,1-2H3,(H,25,30). The molecule has 9 heteroatoms. The molecule has 2 N–H and O–H groups in total. The molecular weight excluding hydrogens is 424 g/mol. The number of hydrogen-bond donors (Lipinski definition) is 2. The second-order valence-electron chi connectivity index (χ2n) is 7.36. The van der Waals surface area contributed by atoms with Crippen LogP contribution in [0.5, 0.6) is 11.5 Å². The maximum atomic E-state index is 13.1. The van der Waals surface area contributed by atoms with Crippen LogP contribution < -0.4 is 20.3 Å². The molecule has 1 amide bonds. The van der Waals surface area contributed by atoms with E-state index in [1.54, 1.807) is 32.5 Å². The van der Waals surface area contributed by atoms with Crippen LogP contribution in [0.15, 0.2) is 65.7 Å². The van der Waals surface area contributed by atoms with Crippen LogP contribution >= 0.6 is 0 Å². The molecule has 0 aliphatic rings. The Bertz CT molecular complexity index is 1320. The van der Waals surface area contributed by atoms with Gasteiger partial charge in [0.05, 0.1) is 26.5 Å². The number of methoxy groups -OCH3 is 2. The summed E-state index contributed by atoms with van der Waals surface area (Å²) in [6.07, 6.45) is 3.11. The number of carbonyl (C=O) groups excluding carboxylic acids is 1. The van der Waals surface area contributed by atoms with Crippen molar-refractivity contribution in [3.63, 3.8) is 0 Å². The van der Waals surface area contributed by atoms with E-state index < -0.39 is 5.56 Å². The number of nitrogens with one attached hydrogen (secondary N) is 1. The van der Waals surface area contributed by atoms with E-state index in [0.717, 1.165) is 16.9 Å². The Morgan fingerprint density at radius 3 is 2.24 bits per heavy atom. The van der Waals surface area contributed by atoms with Gasteiger partial charge < -0.3 is 24.5 Å². The first-order valence-electron chi connectivity index (χ1n) is 10.3. The summed E-state index contributed by atoms with van der Waals surface area (Å²) in [5.41, 5.74) is 2.38. The van der Waals surface area contributed by atoms with Crippen molar-refractivity contribution in [2.45, 2.75) is 19.7 Å². The molecule has 0 radical (unpaired) electrons. The number of rotatable bonds is 8. The van der Waals surface area contributed by atoms with Crippen LogP contribution in [0, 0.1) is 0 Å². The third-order valence-electron chi connectivity index (χ3n) is 5.34. The lowest BCUT2D eigenvalue weighted by molar-refractivity contribution is -0.121. The molecule has 2 aromatic heterocycles. The van der Waals surface area contributed by atoms with Gasteiger partial charge in [0.1, 0.15) is 23.6 Å². The Morgan fingerprint density at radius 2 is 1.64 bits per heavy atom. The summed E-state index contributed by atoms with van der Waals surface area (Å²) >= 11 is 0. The Balaban J connectivity index is 1.56. The second kappa shape index (κ2) is 9.58. The van der Waals surface area contributed by atoms with Crippen molar-refractivity contribution in [1.29, 1.82) is 0 Å². The van der Waals surface area contributed by atoms with Gasteiger partial charge in [-0.05, 0) is 42.0 Å². The van der Waals surface area contributed by atoms with E-state index in [4.69, 9.17) is 9.47 Å². The fourth-order valence-electron chi connectivity index (χ4n) is 3.56. The van der Waals surface area contributed by atoms with Crippen LogP contribution in [-0.4, -0.2) is 39.4 Å². The summed E-state index contributed by atoms with van der Waals surface area (Å²) in [7, 11) is 3.17. The van der Waals surface area contributed by atoms with E-state index in [2.05, 4.69) is 10.4 Å². The van der Waals surface area contributed by atoms with Crippen LogP contribution in [0.2, 0.25) is 0 Å². The summed E-state index contributed by atoms with van der Waals surface area (Å²) in [6.45, 7) is -0.191. The molecule has 0 fully saturated rings. The Labute approximate surface area is 189 Å². The van der Waals surface area contributed by atoms with Gasteiger partial charge >= 0.3 is 0 Å². The summed E-state index contributed by atoms with van der Waals surface area (Å²) in [4.78, 5) is 25.6. The molecule has 2 heterocycles. The highest BCUT2D eigenvalue weighted by molar-refractivity contribution is 5.76. The first kappa shape index (κ1) is 22.1. The topological polar surface area (TPSA) is 107 Å². The number of fused-ring (bicyclic) bond motifs is 1. The monoisotopic (exact) mass is 448 g/mol. The molecule has 0 saturated heterocycles. The fraction of sp³-hybridized carbons (Fsp3) is 0.208. The highest BCUT2D eigenvalue weighted by atomic mass is 16.5. The summed E-state index contributed by atoms with van der Waals surface area (Å²) < 4.78 is 13.0. The van der Waals surface area contributed by atoms with Gasteiger partial charge in [0.25, 0.3) is 5.56 Å². The SMILES string of the molecule is COc1ccc(CNC(=O)Cn2ccn3nc(-c4ccc(OC)cc4)c(CO)c3c2=O)cc1. The first-order chi connectivity index (χ1) is 16.0. The van der Waals surface area contributed by atoms with Crippen molar-refractivity contribution in [1.82, 2.24) is 19.5 Å². The van der Waals surface area contributed by atoms with Gasteiger partial charge in [0.2, 0.25) is 5.91 Å². The molecule has 0 atom stereocenters. The van der Waals surface area contributed by atoms with E-state index in [1.165, 1.54) is 15.3 Å². The van der Waals surface area contributed by atoms with Crippen molar-refractivity contribution in [2.75, 3.05) is 14.2 Å². The average molecular weight is 448 g/mol. The second-order valence-corrected chi connectivity index (χ2v) is 7.36. The van der Waals surface area contributed by atoms with Crippen molar-refractivity contribution in [3.8, 4) is 22.8 Å². The van der Waals surface area contributed by atoms with Crippen molar-refractivity contribution in [2.24, 2.45) is 0 Å². The van der Waals surface area contributed by atoms with E-state index in [1.807, 2.05) is 36.4 Å². The fourth-order valence-corrected chi connectivity index (χ4v) is 3.56. The summed E-state index contributed by atoms with van der Waals surface area (Å²) in [6, 6.07) is 14.5. The van der Waals surface area contributed by atoms with Gasteiger partial charge in [-0.15, -0.1) is 0 Å². The minimum Gasteiger partial charge on any atom is -0.497 e. The van der Waals surface area contributed by atoms with E-state index >= 15 is 0 Å². The Morgan fingerprint density at radius 1 is 1.00 bits per heavy atom. The third-order valence-corrected chi connectivity index (χ3v) is 5.34. The smallest absolute Gasteiger partial charge is 0.277 e. The molecular formula is C24H24N4O5. The maximum Gasteiger partial charge on any atom is 0.277 e. The molecule has 33 heavy (non-hydrogen) atoms. The molecule has 170 valence electrons. The van der Waals surface area contributed by atoms with E-state index in [0.29, 0.717) is 23.6 Å². The zero-order valence-corrected chi connectivity index (χ0v) is 18.3. The molecule has 4 rings (SSSR count). The highest BCUT2D eigenvalue weighted by Gasteiger charge is 2.18. The van der Waals surface area contributed by atoms with Crippen molar-refractivity contribution in [3.05, 3.63) is 82.4 Å². The normalized spacial score (nSPS) is 10.9. The molecule has 0 aliphatic heterocycles. The number of amides is 1. The molecule has 0 saturated carbocycles. The van der Waals surface area contributed by atoms with Gasteiger partial charge in [-0.2, -0.15) is 5.10 Å². The number of carbonyl (C=O) groups is 1. The van der Waals surface area contributed by atoms with Crippen LogP contribution in [0.4, 0.5) is 0 Å². The third kappa shape index (κ3) is 4.58. The molecule has 0 aliphatic carbocycles. The average Bonchev–Trinajstić information content (AvgIpc) is 3.24. The first-order valence-corrected chi connectivity index (χ1v) is 10.3. The molecule has 4 aromatic rings. The molecule has 0 bridgehead atoms. The quantitative estimate of drug-likeness (QED) is 0.427. The molecule has 9 nitrogen and oxygen atoms in total. The zero-order chi connectivity index (χ0) is 23.4. The lowest BCUT2D eigenvalue weighted by Crippen LogP contribution is -2.32. The molecule has 0 unspecified atom stereocenters. The number of aliphatic hydroxyl groups is 1. The lowest BCUT2D eigenvalue weighted by atomic mass is 10.1. The lowest BCUT2D eigenvalue weighted by Gasteiger charge is -2.09. The van der Waals surface area contributed by atoms with Crippen molar-refractivity contribution < 1.29 is 19.4 Å². The summed E-state index contributed by atoms with van der Waals surface area (Å²) in [5, 5.41) is 17.3. The minimum absolute atomic E-state index is 0.153. The van der Waals surface area contributed by atoms with Gasteiger partial charge in [0.15, 0.2) is 0 Å². The van der Waals surface area contributed by atoms with Gasteiger partial charge in [-0.3, -0.25) is 9.59 Å². The minimum atomic E-state index is -0.409. The van der Waals surface area contributed by atoms with Crippen molar-refractivity contribution >= 4 is 11.4 Å². The largest absolute Gasteiger partial charge is 0.497 e. The number of hydrogen-bond acceptors (Lipinski definition) is 6. The van der Waals surface area contributed by atoms with Gasteiger partial charge in [-0.25, -0.2) is 4.52 Å². The predicted octanol–water partition coefficient (Wildman–Crippen LogP) is 1.99. The highest BCUT2D eigenvalue weighted by Crippen LogP contribution is 2.26. The number of nitrogens with zero attached hydrogens (tertiary/aromatic N) is 3. The number of ether oxygens (including phenoxy) is 2. The van der Waals surface area contributed by atoms with Gasteiger partial charge in [-0.1, -0.05) is 12.1 Å². The number of aromatic nitrogens is 3. The van der Waals surface area contributed by atoms with Gasteiger partial charge in [0, 0.05) is 30.1 Å². The Kier molecular flexibility index (Phi) is 6.41. The molecule has 0 spiro atoms. The van der Waals surface area contributed by atoms with E-state index in [-0.39, 0.29) is 24.6 Å². The number of aliphatic hydroxyl groups excluding tert-OH is 1. The Hall–Kier alpha value is -4.11. The predicted molar refractivity (Wildman–Crippen MR) is 122 cm³/mol. The van der Waals surface area contributed by atoms with Crippen LogP contribution in [0.25, 0.3) is 16.8 Å². The maximum absolute atomic E-state index is 13.1. The summed E-state index contributed by atoms with van der Waals surface area (Å²) in [5.74, 6) is 1.12. The van der Waals surface area contributed by atoms with Crippen LogP contribution in [-0.2, 0) is 24.5 Å². The van der Waals surface area contributed by atoms with E-state index in [9.17, 15) is 14.7 Å². The zero-order valence-electron chi connectivity index (χ0n) is 18.3. The molecule has 2 aromatic carbocycles. The van der Waals surface area contributed by atoms with Crippen LogP contribution in [0.3, 0.4) is 0 Å². The van der Waals surface area contributed by atoms with Crippen LogP contribution in [0.1, 0.15) is 11.1 Å². The number of benzene rings is 2.